The van der Waals surface area contributed by atoms with Gasteiger partial charge in [0.25, 0.3) is 0 Å². The number of hydrogen-bond donors (Lipinski definition) is 0. The van der Waals surface area contributed by atoms with Gasteiger partial charge in [-0.3, -0.25) is 0 Å². The van der Waals surface area contributed by atoms with E-state index >= 15 is 0 Å². The van der Waals surface area contributed by atoms with Gasteiger partial charge in [-0.05, 0) is 97.7 Å². The first-order valence-electron chi connectivity index (χ1n) is 7.70. The summed E-state index contributed by atoms with van der Waals surface area (Å²) in [6.45, 7) is 13.2. The summed E-state index contributed by atoms with van der Waals surface area (Å²) in [5.74, 6) is 0. The van der Waals surface area contributed by atoms with Crippen LogP contribution in [0, 0.1) is 0 Å². The molecule has 130 valence electrons. The van der Waals surface area contributed by atoms with E-state index in [0.717, 1.165) is 0 Å². The molecule has 0 saturated carbocycles. The molecule has 0 spiro atoms. The standard InChI is InChI=1S/2C10H11P.2ClH.Zr/c2*1-6-4-7(2)10-9(6)5-8(3)11-10;;;/h2*4-5H,1-3H3;2*1H;/q;;;;+2/p-2. The first-order valence-corrected chi connectivity index (χ1v) is 9.49. The van der Waals surface area contributed by atoms with Crippen LogP contribution in [0.2, 0.25) is 0 Å². The third kappa shape index (κ3) is 5.15. The van der Waals surface area contributed by atoms with Gasteiger partial charge >= 0.3 is 26.2 Å². The zero-order chi connectivity index (χ0) is 16.0. The average Bonchev–Trinajstić information content (AvgIpc) is 3.12. The van der Waals surface area contributed by atoms with E-state index in [-0.39, 0.29) is 51.0 Å². The van der Waals surface area contributed by atoms with Crippen LogP contribution in [0.25, 0.3) is 0 Å². The average molecular weight is 486 g/mol. The van der Waals surface area contributed by atoms with Gasteiger partial charge < -0.3 is 24.8 Å². The molecular formula is C20H22Cl2P2Zr. The molecule has 0 nitrogen and oxygen atoms in total. The Kier molecular flexibility index (Phi) is 10.1. The minimum absolute atomic E-state index is 0. The summed E-state index contributed by atoms with van der Waals surface area (Å²) in [7, 11) is 2.83. The molecule has 0 saturated heterocycles. The Morgan fingerprint density at radius 1 is 0.560 bits per heavy atom. The molecule has 0 aromatic heterocycles. The molecule has 25 heavy (non-hydrogen) atoms. The summed E-state index contributed by atoms with van der Waals surface area (Å²) in [6, 6.07) is 0. The fraction of sp³-hybridized carbons (Fsp3) is 0.300. The Labute approximate surface area is 186 Å². The van der Waals surface area contributed by atoms with Crippen LogP contribution < -0.4 is 24.8 Å². The van der Waals surface area contributed by atoms with E-state index in [0.29, 0.717) is 0 Å². The molecule has 0 N–H and O–H groups in total. The van der Waals surface area contributed by atoms with Gasteiger partial charge in [0, 0.05) is 10.6 Å². The molecule has 0 bridgehead atoms. The van der Waals surface area contributed by atoms with Crippen molar-refractivity contribution < 1.29 is 51.0 Å². The van der Waals surface area contributed by atoms with E-state index in [2.05, 4.69) is 65.8 Å². The summed E-state index contributed by atoms with van der Waals surface area (Å²) in [5, 5.41) is 6.00. The van der Waals surface area contributed by atoms with Crippen molar-refractivity contribution in [1.82, 2.24) is 0 Å². The number of halogens is 2. The number of fused-ring (bicyclic) bond motifs is 2. The molecule has 0 atom stereocenters. The van der Waals surface area contributed by atoms with Crippen LogP contribution in [0.5, 0.6) is 0 Å². The maximum absolute atomic E-state index is 2.30. The fourth-order valence-corrected chi connectivity index (χ4v) is 5.53. The van der Waals surface area contributed by atoms with Crippen molar-refractivity contribution in [3.05, 3.63) is 68.4 Å². The molecule has 4 rings (SSSR count). The normalized spacial score (nSPS) is 20.2. The molecule has 2 aliphatic carbocycles. The van der Waals surface area contributed by atoms with Gasteiger partial charge in [0.15, 0.2) is 0 Å². The van der Waals surface area contributed by atoms with Crippen molar-refractivity contribution in [3.8, 4) is 0 Å². The summed E-state index contributed by atoms with van der Waals surface area (Å²) >= 11 is 0. The summed E-state index contributed by atoms with van der Waals surface area (Å²) in [5.41, 5.74) is 8.71. The van der Waals surface area contributed by atoms with Crippen molar-refractivity contribution in [2.75, 3.05) is 0 Å². The zero-order valence-electron chi connectivity index (χ0n) is 15.5. The first-order chi connectivity index (χ1) is 10.4. The van der Waals surface area contributed by atoms with E-state index < -0.39 is 0 Å². The van der Waals surface area contributed by atoms with E-state index in [1.807, 2.05) is 0 Å². The Morgan fingerprint density at radius 2 is 0.880 bits per heavy atom. The third-order valence-corrected chi connectivity index (χ3v) is 6.85. The maximum Gasteiger partial charge on any atom is 2.00 e. The summed E-state index contributed by atoms with van der Waals surface area (Å²) in [6.07, 6.45) is 9.17. The van der Waals surface area contributed by atoms with Crippen molar-refractivity contribution in [2.45, 2.75) is 41.5 Å². The Balaban J connectivity index is 0.000000411. The second-order valence-electron chi connectivity index (χ2n) is 6.34. The largest absolute Gasteiger partial charge is 2.00 e. The number of hydrogen-bond acceptors (Lipinski definition) is 0. The molecular weight excluding hydrogens is 464 g/mol. The molecule has 0 amide bonds. The van der Waals surface area contributed by atoms with Crippen LogP contribution in [0.15, 0.2) is 68.4 Å². The topological polar surface area (TPSA) is 0 Å². The van der Waals surface area contributed by atoms with Crippen molar-refractivity contribution in [3.63, 3.8) is 0 Å². The molecule has 0 unspecified atom stereocenters. The van der Waals surface area contributed by atoms with Crippen LogP contribution in [0.3, 0.4) is 0 Å². The van der Waals surface area contributed by atoms with Crippen LogP contribution in [-0.2, 0) is 26.2 Å². The first kappa shape index (κ1) is 25.2. The molecule has 0 aromatic carbocycles. The van der Waals surface area contributed by atoms with Crippen molar-refractivity contribution >= 4 is 27.0 Å². The third-order valence-electron chi connectivity index (χ3n) is 4.26. The number of rotatable bonds is 0. The predicted octanol–water partition coefficient (Wildman–Crippen LogP) is 0.603. The van der Waals surface area contributed by atoms with Crippen LogP contribution in [0.1, 0.15) is 41.5 Å². The smallest absolute Gasteiger partial charge is 1.00 e. The van der Waals surface area contributed by atoms with Crippen molar-refractivity contribution in [2.24, 2.45) is 0 Å². The van der Waals surface area contributed by atoms with Gasteiger partial charge in [-0.15, -0.1) is 0 Å². The summed E-state index contributed by atoms with van der Waals surface area (Å²) < 4.78 is 0. The Bertz CT molecular complexity index is 762. The van der Waals surface area contributed by atoms with Gasteiger partial charge in [-0.25, -0.2) is 0 Å². The molecule has 4 aliphatic rings. The molecule has 2 aliphatic heterocycles. The second kappa shape index (κ2) is 9.97. The van der Waals surface area contributed by atoms with E-state index in [4.69, 9.17) is 0 Å². The molecule has 0 aromatic rings. The Morgan fingerprint density at radius 3 is 1.16 bits per heavy atom. The van der Waals surface area contributed by atoms with Crippen LogP contribution in [0.4, 0.5) is 0 Å². The molecule has 5 heteroatoms. The van der Waals surface area contributed by atoms with Gasteiger partial charge in [-0.2, -0.15) is 0 Å². The minimum atomic E-state index is 0. The van der Waals surface area contributed by atoms with E-state index in [9.17, 15) is 0 Å². The van der Waals surface area contributed by atoms with Crippen LogP contribution >= 0.6 is 16.4 Å². The number of allylic oxidation sites excluding steroid dienone is 12. The molecule has 0 radical (unpaired) electrons. The second-order valence-corrected chi connectivity index (χ2v) is 9.09. The van der Waals surface area contributed by atoms with Gasteiger partial charge in [0.05, 0.1) is 0 Å². The predicted molar refractivity (Wildman–Crippen MR) is 104 cm³/mol. The van der Waals surface area contributed by atoms with Gasteiger partial charge in [0.2, 0.25) is 0 Å². The summed E-state index contributed by atoms with van der Waals surface area (Å²) in [4.78, 5) is 0. The van der Waals surface area contributed by atoms with Gasteiger partial charge in [-0.1, -0.05) is 28.6 Å². The molecule has 2 heterocycles. The van der Waals surface area contributed by atoms with E-state index in [1.165, 1.54) is 71.1 Å². The van der Waals surface area contributed by atoms with Crippen molar-refractivity contribution in [1.29, 1.82) is 0 Å². The van der Waals surface area contributed by atoms with Gasteiger partial charge in [0.1, 0.15) is 0 Å². The fourth-order valence-electron chi connectivity index (χ4n) is 3.24. The molecule has 0 fully saturated rings. The monoisotopic (exact) mass is 484 g/mol. The Hall–Kier alpha value is 0.243. The van der Waals surface area contributed by atoms with Crippen LogP contribution in [-0.4, -0.2) is 10.6 Å². The minimum Gasteiger partial charge on any atom is -1.00 e. The van der Waals surface area contributed by atoms with E-state index in [1.54, 1.807) is 0 Å². The quantitative estimate of drug-likeness (QED) is 0.441. The SMILES string of the molecule is CC1=CC(C)=C2P=C(C)C=C12.CC1=CC(C)=C2P=C(C)C=C12.[Cl-].[Cl-].[Zr+2]. The maximum atomic E-state index is 2.30. The zero-order valence-corrected chi connectivity index (χ0v) is 21.2.